The molecule has 10 heavy (non-hydrogen) atoms. The average molecular weight is 187 g/mol. The second-order valence-electron chi connectivity index (χ2n) is 1.21. The van der Waals surface area contributed by atoms with Crippen LogP contribution >= 0.6 is 25.8 Å². The zero-order chi connectivity index (χ0) is 8.57. The number of rotatable bonds is 2. The molecule has 0 saturated heterocycles. The molecular weight excluding hydrogens is 178 g/mol. The summed E-state index contributed by atoms with van der Waals surface area (Å²) in [5.74, 6) is -1.18. The molecule has 7 heteroatoms. The minimum Gasteiger partial charge on any atom is -0.480 e. The van der Waals surface area contributed by atoms with Crippen molar-refractivity contribution in [3.05, 3.63) is 0 Å². The van der Waals surface area contributed by atoms with Crippen LogP contribution in [0.4, 0.5) is 0 Å². The third kappa shape index (κ3) is 10.9. The van der Waals surface area contributed by atoms with Crippen LogP contribution in [0.3, 0.4) is 0 Å². The molecule has 0 saturated carbocycles. The van der Waals surface area contributed by atoms with E-state index in [1.165, 1.54) is 0 Å². The Morgan fingerprint density at radius 1 is 1.70 bits per heavy atom. The first-order valence-corrected chi connectivity index (χ1v) is 2.87. The van der Waals surface area contributed by atoms with Gasteiger partial charge in [0.25, 0.3) is 0 Å². The van der Waals surface area contributed by atoms with Gasteiger partial charge < -0.3 is 15.9 Å². The summed E-state index contributed by atoms with van der Waals surface area (Å²) >= 11 is 6.31. The van der Waals surface area contributed by atoms with E-state index in [2.05, 4.69) is 29.4 Å². The number of aliphatic hydroxyl groups is 1. The maximum absolute atomic E-state index is 9.65. The Morgan fingerprint density at radius 3 is 2.00 bits per heavy atom. The third-order valence-electron chi connectivity index (χ3n) is 0.514. The Labute approximate surface area is 69.4 Å². The Morgan fingerprint density at radius 2 is 2.00 bits per heavy atom. The maximum atomic E-state index is 9.65. The van der Waals surface area contributed by atoms with Gasteiger partial charge >= 0.3 is 5.97 Å². The molecule has 0 amide bonds. The summed E-state index contributed by atoms with van der Waals surface area (Å²) in [5.41, 5.74) is 4.77. The molecular formula is C3H9NO4S2. The number of carboxylic acids is 1. The summed E-state index contributed by atoms with van der Waals surface area (Å²) in [6.45, 7) is -0.505. The lowest BCUT2D eigenvalue weighted by atomic mass is 10.3. The summed E-state index contributed by atoms with van der Waals surface area (Å²) in [7, 11) is 0. The third-order valence-corrected chi connectivity index (χ3v) is 0.514. The van der Waals surface area contributed by atoms with Gasteiger partial charge in [0, 0.05) is 0 Å². The molecule has 0 aliphatic heterocycles. The summed E-state index contributed by atoms with van der Waals surface area (Å²) in [5, 5.41) is 15.9. The highest BCUT2D eigenvalue weighted by molar-refractivity contribution is 7.89. The summed E-state index contributed by atoms with van der Waals surface area (Å²) in [4.78, 5) is 9.65. The standard InChI is InChI=1S/C3H7NO3.H2OS2/c4-2(1-5)3(6)7;2-1-3/h2,5H,1,4H2,(H,6,7);2-3H/t2-;/m0./s1. The van der Waals surface area contributed by atoms with Crippen LogP contribution < -0.4 is 5.73 Å². The molecule has 0 aromatic carbocycles. The molecule has 4 N–H and O–H groups in total. The van der Waals surface area contributed by atoms with Crippen molar-refractivity contribution in [2.45, 2.75) is 6.04 Å². The Balaban J connectivity index is 0. The highest BCUT2D eigenvalue weighted by atomic mass is 32.2. The van der Waals surface area contributed by atoms with E-state index in [1.54, 1.807) is 0 Å². The molecule has 0 spiro atoms. The van der Waals surface area contributed by atoms with Crippen LogP contribution in [0, 0.1) is 0 Å². The normalized spacial score (nSPS) is 11.2. The minimum atomic E-state index is -1.18. The van der Waals surface area contributed by atoms with E-state index in [9.17, 15) is 4.79 Å². The fraction of sp³-hybridized carbons (Fsp3) is 0.667. The molecule has 0 aliphatic rings. The zero-order valence-electron chi connectivity index (χ0n) is 4.97. The van der Waals surface area contributed by atoms with Crippen LogP contribution in [0.25, 0.3) is 0 Å². The molecule has 0 heterocycles. The zero-order valence-corrected chi connectivity index (χ0v) is 6.76. The van der Waals surface area contributed by atoms with Gasteiger partial charge in [-0.15, -0.1) is 0 Å². The Hall–Kier alpha value is 0.0500. The molecule has 0 rings (SSSR count). The van der Waals surface area contributed by atoms with Crippen molar-refractivity contribution in [3.8, 4) is 0 Å². The molecule has 0 unspecified atom stereocenters. The van der Waals surface area contributed by atoms with Crippen LogP contribution in [0.1, 0.15) is 0 Å². The van der Waals surface area contributed by atoms with E-state index in [1.807, 2.05) is 0 Å². The topological polar surface area (TPSA) is 92.8 Å². The molecule has 62 valence electrons. The summed E-state index contributed by atoms with van der Waals surface area (Å²) in [6, 6.07) is -1.13. The van der Waals surface area contributed by atoms with Gasteiger partial charge in [0.15, 0.2) is 0 Å². The fourth-order valence-electron chi connectivity index (χ4n) is 0.0781. The number of carboxylic acid groups (broad SMARTS) is 1. The second kappa shape index (κ2) is 9.05. The van der Waals surface area contributed by atoms with E-state index in [-0.39, 0.29) is 0 Å². The van der Waals surface area contributed by atoms with Crippen molar-refractivity contribution >= 4 is 31.8 Å². The van der Waals surface area contributed by atoms with Crippen LogP contribution in [0.5, 0.6) is 0 Å². The predicted molar refractivity (Wildman–Crippen MR) is 41.8 cm³/mol. The lowest BCUT2D eigenvalue weighted by molar-refractivity contribution is -0.139. The number of aliphatic hydroxyl groups excluding tert-OH is 1. The highest BCUT2D eigenvalue weighted by Crippen LogP contribution is 1.75. The molecule has 5 nitrogen and oxygen atoms in total. The van der Waals surface area contributed by atoms with Gasteiger partial charge in [-0.25, -0.2) is 0 Å². The molecule has 1 atom stereocenters. The number of nitrogens with two attached hydrogens (primary N) is 1. The monoisotopic (exact) mass is 187 g/mol. The van der Waals surface area contributed by atoms with E-state index < -0.39 is 18.6 Å². The molecule has 0 fully saturated rings. The van der Waals surface area contributed by atoms with Crippen LogP contribution in [0.2, 0.25) is 0 Å². The lowest BCUT2D eigenvalue weighted by Crippen LogP contribution is -2.33. The maximum Gasteiger partial charge on any atom is 0.322 e. The molecule has 0 aromatic heterocycles. The van der Waals surface area contributed by atoms with Crippen molar-refractivity contribution in [2.75, 3.05) is 6.61 Å². The number of hydrogen-bond acceptors (Lipinski definition) is 6. The molecule has 0 aromatic rings. The van der Waals surface area contributed by atoms with Gasteiger partial charge in [-0.1, -0.05) is 0 Å². The number of thiol groups is 2. The van der Waals surface area contributed by atoms with Crippen LogP contribution in [0.15, 0.2) is 0 Å². The number of aliphatic carboxylic acids is 1. The van der Waals surface area contributed by atoms with Crippen molar-refractivity contribution in [1.82, 2.24) is 0 Å². The van der Waals surface area contributed by atoms with E-state index >= 15 is 0 Å². The number of hydrogen-bond donors (Lipinski definition) is 5. The first-order valence-electron chi connectivity index (χ1n) is 2.14. The first kappa shape index (κ1) is 12.7. The Kier molecular flexibility index (Phi) is 11.5. The van der Waals surface area contributed by atoms with Gasteiger partial charge in [-0.05, 0) is 25.8 Å². The van der Waals surface area contributed by atoms with Gasteiger partial charge in [-0.2, -0.15) is 0 Å². The quantitative estimate of drug-likeness (QED) is 0.285. The smallest absolute Gasteiger partial charge is 0.322 e. The van der Waals surface area contributed by atoms with E-state index in [0.29, 0.717) is 0 Å². The molecule has 0 bridgehead atoms. The van der Waals surface area contributed by atoms with Gasteiger partial charge in [0.1, 0.15) is 6.04 Å². The van der Waals surface area contributed by atoms with Gasteiger partial charge in [0.2, 0.25) is 0 Å². The number of carbonyl (C=O) groups is 1. The summed E-state index contributed by atoms with van der Waals surface area (Å²) < 4.78 is 3.64. The Bertz CT molecular complexity index is 90.6. The lowest BCUT2D eigenvalue weighted by Gasteiger charge is -1.96. The first-order chi connectivity index (χ1) is 4.59. The van der Waals surface area contributed by atoms with Crippen LogP contribution in [-0.2, 0) is 8.42 Å². The van der Waals surface area contributed by atoms with Crippen molar-refractivity contribution in [3.63, 3.8) is 0 Å². The van der Waals surface area contributed by atoms with E-state index in [4.69, 9.17) is 15.9 Å². The van der Waals surface area contributed by atoms with Crippen molar-refractivity contribution < 1.29 is 18.6 Å². The molecule has 0 aliphatic carbocycles. The fourth-order valence-corrected chi connectivity index (χ4v) is 0.0781. The second-order valence-corrected chi connectivity index (χ2v) is 1.86. The largest absolute Gasteiger partial charge is 0.480 e. The van der Waals surface area contributed by atoms with Crippen molar-refractivity contribution in [1.29, 1.82) is 0 Å². The predicted octanol–water partition coefficient (Wildman–Crippen LogP) is -0.917. The van der Waals surface area contributed by atoms with Gasteiger partial charge in [0.05, 0.1) is 6.61 Å². The van der Waals surface area contributed by atoms with E-state index in [0.717, 1.165) is 0 Å². The van der Waals surface area contributed by atoms with Gasteiger partial charge in [-0.3, -0.25) is 8.42 Å². The van der Waals surface area contributed by atoms with Crippen LogP contribution in [-0.4, -0.2) is 28.8 Å². The van der Waals surface area contributed by atoms with Crippen molar-refractivity contribution in [2.24, 2.45) is 5.73 Å². The SMILES string of the molecule is N[C@@H](CO)C(=O)O.SOS. The highest BCUT2D eigenvalue weighted by Gasteiger charge is 2.06. The minimum absolute atomic E-state index is 0.505. The summed E-state index contributed by atoms with van der Waals surface area (Å²) in [6.07, 6.45) is 0. The molecule has 0 radical (unpaired) electrons. The average Bonchev–Trinajstić information content (AvgIpc) is 1.88.